The molecule has 0 fully saturated rings. The van der Waals surface area contributed by atoms with Crippen LogP contribution in [0.4, 0.5) is 0 Å². The molecule has 0 spiro atoms. The van der Waals surface area contributed by atoms with Crippen molar-refractivity contribution >= 4 is 5.91 Å². The van der Waals surface area contributed by atoms with E-state index < -0.39 is 0 Å². The lowest BCUT2D eigenvalue weighted by Gasteiger charge is -2.19. The zero-order valence-electron chi connectivity index (χ0n) is 8.16. The Kier molecular flexibility index (Phi) is 2.25. The van der Waals surface area contributed by atoms with E-state index in [0.29, 0.717) is 19.6 Å². The van der Waals surface area contributed by atoms with Crippen LogP contribution >= 0.6 is 0 Å². The molecular formula is C9H14N4O. The van der Waals surface area contributed by atoms with Crippen LogP contribution < -0.4 is 5.73 Å². The Hall–Kier alpha value is -1.36. The van der Waals surface area contributed by atoms with E-state index in [2.05, 4.69) is 10.2 Å². The molecule has 5 heteroatoms. The molecule has 0 saturated heterocycles. The number of rotatable bonds is 2. The number of aromatic nitrogens is 2. The van der Waals surface area contributed by atoms with Gasteiger partial charge in [-0.1, -0.05) is 6.92 Å². The standard InChI is InChI=1S/C9H14N4O/c1-6(2-10)9(14)13-4-7-3-11-12-8(7)5-13/h3,6H,2,4-5,10H2,1H3,(H,11,12). The Morgan fingerprint density at radius 1 is 1.79 bits per heavy atom. The summed E-state index contributed by atoms with van der Waals surface area (Å²) in [5.74, 6) is 0.0315. The van der Waals surface area contributed by atoms with Gasteiger partial charge in [-0.2, -0.15) is 5.10 Å². The zero-order chi connectivity index (χ0) is 10.1. The monoisotopic (exact) mass is 194 g/mol. The second-order valence-corrected chi connectivity index (χ2v) is 3.70. The van der Waals surface area contributed by atoms with Gasteiger partial charge in [0.2, 0.25) is 5.91 Å². The topological polar surface area (TPSA) is 75.0 Å². The first-order valence-electron chi connectivity index (χ1n) is 4.72. The van der Waals surface area contributed by atoms with Gasteiger partial charge in [0, 0.05) is 24.6 Å². The molecule has 1 aliphatic heterocycles. The van der Waals surface area contributed by atoms with E-state index in [1.54, 1.807) is 11.1 Å². The van der Waals surface area contributed by atoms with E-state index in [1.165, 1.54) is 0 Å². The number of carbonyl (C=O) groups excluding carboxylic acids is 1. The number of H-pyrrole nitrogens is 1. The van der Waals surface area contributed by atoms with Gasteiger partial charge in [0.25, 0.3) is 0 Å². The van der Waals surface area contributed by atoms with Crippen molar-refractivity contribution in [1.29, 1.82) is 0 Å². The fourth-order valence-corrected chi connectivity index (χ4v) is 1.63. The number of hydrogen-bond acceptors (Lipinski definition) is 3. The van der Waals surface area contributed by atoms with E-state index in [4.69, 9.17) is 5.73 Å². The fourth-order valence-electron chi connectivity index (χ4n) is 1.63. The molecule has 76 valence electrons. The summed E-state index contributed by atoms with van der Waals surface area (Å²) in [5.41, 5.74) is 7.61. The molecule has 0 aliphatic carbocycles. The molecule has 1 atom stereocenters. The van der Waals surface area contributed by atoms with Crippen molar-refractivity contribution in [3.8, 4) is 0 Å². The molecular weight excluding hydrogens is 180 g/mol. The normalized spacial score (nSPS) is 16.9. The van der Waals surface area contributed by atoms with Crippen molar-refractivity contribution < 1.29 is 4.79 Å². The third-order valence-corrected chi connectivity index (χ3v) is 2.60. The van der Waals surface area contributed by atoms with Gasteiger partial charge in [0.1, 0.15) is 0 Å². The van der Waals surface area contributed by atoms with Gasteiger partial charge in [-0.05, 0) is 0 Å². The second-order valence-electron chi connectivity index (χ2n) is 3.70. The van der Waals surface area contributed by atoms with Crippen LogP contribution in [0.15, 0.2) is 6.20 Å². The maximum absolute atomic E-state index is 11.8. The zero-order valence-corrected chi connectivity index (χ0v) is 8.16. The minimum Gasteiger partial charge on any atom is -0.332 e. The highest BCUT2D eigenvalue weighted by molar-refractivity contribution is 5.79. The van der Waals surface area contributed by atoms with Gasteiger partial charge < -0.3 is 10.6 Å². The summed E-state index contributed by atoms with van der Waals surface area (Å²) in [6.07, 6.45) is 1.77. The van der Waals surface area contributed by atoms with Crippen LogP contribution in [0.2, 0.25) is 0 Å². The van der Waals surface area contributed by atoms with Gasteiger partial charge >= 0.3 is 0 Å². The van der Waals surface area contributed by atoms with Gasteiger partial charge in [0.05, 0.1) is 18.4 Å². The predicted molar refractivity (Wildman–Crippen MR) is 51.1 cm³/mol. The van der Waals surface area contributed by atoms with E-state index >= 15 is 0 Å². The highest BCUT2D eigenvalue weighted by atomic mass is 16.2. The lowest BCUT2D eigenvalue weighted by atomic mass is 10.1. The molecule has 5 nitrogen and oxygen atoms in total. The first-order valence-corrected chi connectivity index (χ1v) is 4.72. The Labute approximate surface area is 82.3 Å². The van der Waals surface area contributed by atoms with Crippen LogP contribution in [-0.4, -0.2) is 27.5 Å². The third kappa shape index (κ3) is 1.39. The quantitative estimate of drug-likeness (QED) is 0.687. The molecule has 0 aromatic carbocycles. The van der Waals surface area contributed by atoms with Crippen LogP contribution in [0.3, 0.4) is 0 Å². The fraction of sp³-hybridized carbons (Fsp3) is 0.556. The van der Waals surface area contributed by atoms with Gasteiger partial charge in [-0.3, -0.25) is 9.89 Å². The molecule has 1 aliphatic rings. The Morgan fingerprint density at radius 3 is 3.21 bits per heavy atom. The summed E-state index contributed by atoms with van der Waals surface area (Å²) in [5, 5.41) is 6.80. The smallest absolute Gasteiger partial charge is 0.227 e. The number of nitrogens with one attached hydrogen (secondary N) is 1. The highest BCUT2D eigenvalue weighted by Crippen LogP contribution is 2.21. The van der Waals surface area contributed by atoms with Gasteiger partial charge in [-0.15, -0.1) is 0 Å². The van der Waals surface area contributed by atoms with Crippen molar-refractivity contribution in [3.63, 3.8) is 0 Å². The average Bonchev–Trinajstić information content (AvgIpc) is 2.74. The molecule has 0 saturated carbocycles. The van der Waals surface area contributed by atoms with Crippen LogP contribution in [0, 0.1) is 5.92 Å². The van der Waals surface area contributed by atoms with E-state index in [0.717, 1.165) is 11.3 Å². The molecule has 1 aromatic rings. The maximum Gasteiger partial charge on any atom is 0.227 e. The molecule has 1 aromatic heterocycles. The number of hydrogen-bond donors (Lipinski definition) is 2. The van der Waals surface area contributed by atoms with Crippen molar-refractivity contribution in [2.75, 3.05) is 6.54 Å². The molecule has 0 radical (unpaired) electrons. The summed E-state index contributed by atoms with van der Waals surface area (Å²) in [4.78, 5) is 13.6. The van der Waals surface area contributed by atoms with E-state index in [1.807, 2.05) is 6.92 Å². The predicted octanol–water partition coefficient (Wildman–Crippen LogP) is -0.153. The molecule has 1 unspecified atom stereocenters. The van der Waals surface area contributed by atoms with Crippen molar-refractivity contribution in [3.05, 3.63) is 17.5 Å². The number of carbonyl (C=O) groups is 1. The Balaban J connectivity index is 2.04. The molecule has 0 bridgehead atoms. The minimum atomic E-state index is -0.0908. The number of nitrogens with zero attached hydrogens (tertiary/aromatic N) is 2. The summed E-state index contributed by atoms with van der Waals surface area (Å²) >= 11 is 0. The highest BCUT2D eigenvalue weighted by Gasteiger charge is 2.27. The molecule has 2 heterocycles. The summed E-state index contributed by atoms with van der Waals surface area (Å²) in [6.45, 7) is 3.56. The Bertz CT molecular complexity index is 326. The SMILES string of the molecule is CC(CN)C(=O)N1Cc2cn[nH]c2C1. The molecule has 2 rings (SSSR count). The van der Waals surface area contributed by atoms with Crippen LogP contribution in [-0.2, 0) is 17.9 Å². The lowest BCUT2D eigenvalue weighted by Crippen LogP contribution is -2.34. The van der Waals surface area contributed by atoms with Gasteiger partial charge in [-0.25, -0.2) is 0 Å². The minimum absolute atomic E-state index is 0.0908. The van der Waals surface area contributed by atoms with Crippen molar-refractivity contribution in [2.45, 2.75) is 20.0 Å². The van der Waals surface area contributed by atoms with E-state index in [9.17, 15) is 4.79 Å². The van der Waals surface area contributed by atoms with Crippen LogP contribution in [0.5, 0.6) is 0 Å². The van der Waals surface area contributed by atoms with Crippen molar-refractivity contribution in [1.82, 2.24) is 15.1 Å². The largest absolute Gasteiger partial charge is 0.332 e. The summed E-state index contributed by atoms with van der Waals surface area (Å²) in [6, 6.07) is 0. The number of aromatic amines is 1. The van der Waals surface area contributed by atoms with Crippen molar-refractivity contribution in [2.24, 2.45) is 11.7 Å². The maximum atomic E-state index is 11.8. The molecule has 14 heavy (non-hydrogen) atoms. The van der Waals surface area contributed by atoms with Crippen LogP contribution in [0.25, 0.3) is 0 Å². The number of amides is 1. The number of nitrogens with two attached hydrogens (primary N) is 1. The molecule has 3 N–H and O–H groups in total. The van der Waals surface area contributed by atoms with E-state index in [-0.39, 0.29) is 11.8 Å². The average molecular weight is 194 g/mol. The lowest BCUT2D eigenvalue weighted by molar-refractivity contribution is -0.135. The first kappa shape index (κ1) is 9.21. The summed E-state index contributed by atoms with van der Waals surface area (Å²) < 4.78 is 0. The first-order chi connectivity index (χ1) is 6.72. The van der Waals surface area contributed by atoms with Gasteiger partial charge in [0.15, 0.2) is 0 Å². The Morgan fingerprint density at radius 2 is 2.57 bits per heavy atom. The molecule has 1 amide bonds. The number of fused-ring (bicyclic) bond motifs is 1. The third-order valence-electron chi connectivity index (χ3n) is 2.60. The van der Waals surface area contributed by atoms with Crippen LogP contribution in [0.1, 0.15) is 18.2 Å². The second kappa shape index (κ2) is 3.42. The summed E-state index contributed by atoms with van der Waals surface area (Å²) in [7, 11) is 0.